The van der Waals surface area contributed by atoms with Gasteiger partial charge >= 0.3 is 0 Å². The second kappa shape index (κ2) is 38.2. The molecule has 22 N–H and O–H groups in total. The molecule has 0 saturated carbocycles. The monoisotopic (exact) mass is 1250 g/mol. The van der Waals surface area contributed by atoms with Gasteiger partial charge in [0.1, 0.15) is 54.1 Å². The summed E-state index contributed by atoms with van der Waals surface area (Å²) in [6, 6.07) is 11.1. The molecule has 0 aliphatic heterocycles. The van der Waals surface area contributed by atoms with Gasteiger partial charge < -0.3 is 87.0 Å². The van der Waals surface area contributed by atoms with E-state index in [1.165, 1.54) is 23.9 Å². The van der Waals surface area contributed by atoms with Crippen LogP contribution < -0.4 is 76.9 Å². The SMILES string of the molecule is CSCC[C@H](NC(=O)[C@@H](NC(=O)[C@@H](NC(=O)[C@H](Cc1ccc(O)cc1)NC(=O)[C@H](Cc1ccccc1)NC(=O)[C@H](CCCN=C(N)N)NC(=O)[C@H](N)CCCCN)C(C)C)C(C)C)C(=O)N[C@@H](Cc1c[nH]c2ccccc12)C(=O)N[C@@H](CCCCN)C(N)=O. The van der Waals surface area contributed by atoms with Gasteiger partial charge in [0.25, 0.3) is 0 Å². The molecule has 27 heteroatoms. The second-order valence-corrected chi connectivity index (χ2v) is 23.7. The van der Waals surface area contributed by atoms with E-state index in [0.717, 1.165) is 10.9 Å². The average molecular weight is 1260 g/mol. The van der Waals surface area contributed by atoms with Gasteiger partial charge in [-0.3, -0.25) is 48.1 Å². The summed E-state index contributed by atoms with van der Waals surface area (Å²) < 4.78 is 0. The lowest BCUT2D eigenvalue weighted by atomic mass is 9.98. The maximum absolute atomic E-state index is 14.8. The number of amides is 9. The molecule has 0 saturated heterocycles. The summed E-state index contributed by atoms with van der Waals surface area (Å²) in [5, 5.41) is 33.2. The number of rotatable bonds is 40. The summed E-state index contributed by atoms with van der Waals surface area (Å²) in [6.07, 6.45) is 6.56. The number of primary amides is 1. The minimum Gasteiger partial charge on any atom is -0.508 e. The number of hydrogen-bond donors (Lipinski definition) is 16. The Hall–Kier alpha value is -8.27. The van der Waals surface area contributed by atoms with Gasteiger partial charge in [-0.2, -0.15) is 11.8 Å². The molecule has 0 aliphatic carbocycles. The van der Waals surface area contributed by atoms with E-state index in [4.69, 9.17) is 34.4 Å². The van der Waals surface area contributed by atoms with Crippen LogP contribution in [-0.2, 0) is 62.4 Å². The molecule has 0 radical (unpaired) electrons. The van der Waals surface area contributed by atoms with Crippen LogP contribution in [0.15, 0.2) is 90.1 Å². The number of phenols is 1. The highest BCUT2D eigenvalue weighted by Crippen LogP contribution is 2.21. The molecule has 3 aromatic carbocycles. The van der Waals surface area contributed by atoms with Gasteiger partial charge in [0, 0.05) is 42.9 Å². The number of aliphatic imine (C=N–C) groups is 1. The van der Waals surface area contributed by atoms with Crippen molar-refractivity contribution >= 4 is 81.8 Å². The topological polar surface area (TPSA) is 454 Å². The summed E-state index contributed by atoms with van der Waals surface area (Å²) >= 11 is 1.41. The van der Waals surface area contributed by atoms with Gasteiger partial charge in [0.2, 0.25) is 53.2 Å². The summed E-state index contributed by atoms with van der Waals surface area (Å²) in [5.74, 6) is -7.63. The van der Waals surface area contributed by atoms with E-state index in [-0.39, 0.29) is 63.2 Å². The second-order valence-electron chi connectivity index (χ2n) is 22.8. The first-order valence-corrected chi connectivity index (χ1v) is 31.6. The van der Waals surface area contributed by atoms with Crippen LogP contribution in [0.1, 0.15) is 102 Å². The normalized spacial score (nSPS) is 14.3. The van der Waals surface area contributed by atoms with Crippen molar-refractivity contribution in [3.63, 3.8) is 0 Å². The van der Waals surface area contributed by atoms with E-state index < -0.39 is 119 Å². The number of thioether (sulfide) groups is 1. The number of carbonyl (C=O) groups excluding carboxylic acids is 9. The van der Waals surface area contributed by atoms with Gasteiger partial charge in [-0.25, -0.2) is 0 Å². The number of guanidine groups is 1. The number of aromatic nitrogens is 1. The van der Waals surface area contributed by atoms with Crippen LogP contribution in [0, 0.1) is 11.8 Å². The fraction of sp³-hybridized carbons (Fsp3) is 0.516. The summed E-state index contributed by atoms with van der Waals surface area (Å²) in [7, 11) is 0. The molecule has 26 nitrogen and oxygen atoms in total. The Morgan fingerprint density at radius 1 is 0.506 bits per heavy atom. The molecule has 1 heterocycles. The summed E-state index contributed by atoms with van der Waals surface area (Å²) in [6.45, 7) is 7.62. The number of fused-ring (bicyclic) bond motifs is 1. The average Bonchev–Trinajstić information content (AvgIpc) is 2.44. The third kappa shape index (κ3) is 25.0. The molecular formula is C62H94N16O10S. The number of unbranched alkanes of at least 4 members (excludes halogenated alkanes) is 2. The molecule has 488 valence electrons. The van der Waals surface area contributed by atoms with E-state index in [9.17, 15) is 48.3 Å². The molecule has 89 heavy (non-hydrogen) atoms. The lowest BCUT2D eigenvalue weighted by Crippen LogP contribution is -2.62. The van der Waals surface area contributed by atoms with Gasteiger partial charge in [0.15, 0.2) is 5.96 Å². The van der Waals surface area contributed by atoms with Crippen molar-refractivity contribution < 1.29 is 48.3 Å². The number of benzene rings is 3. The number of nitrogens with two attached hydrogens (primary N) is 6. The Bertz CT molecular complexity index is 2960. The first-order chi connectivity index (χ1) is 42.5. The number of nitrogens with one attached hydrogen (secondary N) is 9. The van der Waals surface area contributed by atoms with E-state index >= 15 is 0 Å². The minimum absolute atomic E-state index is 0.00591. The number of nitrogens with zero attached hydrogens (tertiary/aromatic N) is 1. The van der Waals surface area contributed by atoms with Gasteiger partial charge in [-0.05, 0) is 123 Å². The van der Waals surface area contributed by atoms with Crippen molar-refractivity contribution in [3.05, 3.63) is 102 Å². The van der Waals surface area contributed by atoms with Crippen molar-refractivity contribution in [3.8, 4) is 5.75 Å². The molecule has 4 rings (SSSR count). The molecule has 1 aromatic heterocycles. The molecule has 9 amide bonds. The van der Waals surface area contributed by atoms with Crippen molar-refractivity contribution in [1.82, 2.24) is 47.5 Å². The van der Waals surface area contributed by atoms with Crippen LogP contribution in [-0.4, -0.2) is 155 Å². The molecule has 9 atom stereocenters. The Labute approximate surface area is 524 Å². The fourth-order valence-electron chi connectivity index (χ4n) is 9.76. The number of carbonyl (C=O) groups is 9. The van der Waals surface area contributed by atoms with Crippen molar-refractivity contribution in [1.29, 1.82) is 0 Å². The molecule has 0 fully saturated rings. The van der Waals surface area contributed by atoms with Crippen LogP contribution in [0.25, 0.3) is 10.9 Å². The number of phenolic OH excluding ortho intramolecular Hbond substituents is 1. The van der Waals surface area contributed by atoms with Crippen molar-refractivity contribution in [2.24, 2.45) is 51.2 Å². The standard InChI is InChI=1S/C62H94N16O10S/c1-36(2)51(60(87)73-47(27-31-89-5)56(83)76-50(34-40-35-70-44-20-10-9-18-42(40)44)58(85)71-45(53(66)80)21-12-14-29-64)78-61(88)52(37(3)4)77-59(86)49(33-39-23-25-41(79)26-24-39)75-57(84)48(32-38-16-7-6-8-17-38)74-55(82)46(22-15-30-69-62(67)68)72-54(81)43(65)19-11-13-28-63/h6-10,16-18,20,23-26,35-37,43,45-52,70,79H,11-15,19,21-22,27-34,63-65H2,1-5H3,(H2,66,80)(H,71,85)(H,72,81)(H,73,87)(H,74,82)(H,75,84)(H,76,83)(H,77,86)(H,78,88)(H4,67,68,69)/t43-,45+,46+,47+,48+,49+,50+,51+,52+/m1/s1. The third-order valence-corrected chi connectivity index (χ3v) is 15.5. The van der Waals surface area contributed by atoms with E-state index in [1.54, 1.807) is 76.4 Å². The molecule has 0 unspecified atom stereocenters. The van der Waals surface area contributed by atoms with Crippen LogP contribution in [0.4, 0.5) is 0 Å². The van der Waals surface area contributed by atoms with E-state index in [0.29, 0.717) is 67.6 Å². The zero-order chi connectivity index (χ0) is 65.6. The highest BCUT2D eigenvalue weighted by Gasteiger charge is 2.37. The molecule has 0 aliphatic rings. The van der Waals surface area contributed by atoms with Gasteiger partial charge in [0.05, 0.1) is 6.04 Å². The zero-order valence-corrected chi connectivity index (χ0v) is 52.5. The summed E-state index contributed by atoms with van der Waals surface area (Å²) in [5.41, 5.74) is 36.9. The molecule has 0 spiro atoms. The molecular weight excluding hydrogens is 1160 g/mol. The first kappa shape index (κ1) is 73.2. The quantitative estimate of drug-likeness (QED) is 0.0158. The van der Waals surface area contributed by atoms with Crippen molar-refractivity contribution in [2.45, 2.75) is 159 Å². The van der Waals surface area contributed by atoms with Crippen molar-refractivity contribution in [2.75, 3.05) is 31.6 Å². The van der Waals surface area contributed by atoms with Gasteiger partial charge in [-0.15, -0.1) is 0 Å². The highest BCUT2D eigenvalue weighted by atomic mass is 32.2. The number of H-pyrrole nitrogens is 1. The minimum atomic E-state index is -1.42. The first-order valence-electron chi connectivity index (χ1n) is 30.3. The van der Waals surface area contributed by atoms with E-state index in [2.05, 4.69) is 52.5 Å². The number of aromatic amines is 1. The zero-order valence-electron chi connectivity index (χ0n) is 51.7. The fourth-order valence-corrected chi connectivity index (χ4v) is 10.2. The predicted molar refractivity (Wildman–Crippen MR) is 345 cm³/mol. The van der Waals surface area contributed by atoms with Crippen LogP contribution in [0.3, 0.4) is 0 Å². The Kier molecular flexibility index (Phi) is 31.4. The number of para-hydroxylation sites is 1. The highest BCUT2D eigenvalue weighted by molar-refractivity contribution is 7.98. The van der Waals surface area contributed by atoms with Crippen LogP contribution >= 0.6 is 11.8 Å². The van der Waals surface area contributed by atoms with Gasteiger partial charge in [-0.1, -0.05) is 94.8 Å². The van der Waals surface area contributed by atoms with E-state index in [1.807, 2.05) is 30.5 Å². The summed E-state index contributed by atoms with van der Waals surface area (Å²) in [4.78, 5) is 135. The molecule has 0 bridgehead atoms. The largest absolute Gasteiger partial charge is 0.508 e. The number of aromatic hydroxyl groups is 1. The third-order valence-electron chi connectivity index (χ3n) is 14.9. The van der Waals surface area contributed by atoms with Crippen LogP contribution in [0.5, 0.6) is 5.75 Å². The Morgan fingerprint density at radius 3 is 1.51 bits per heavy atom. The lowest BCUT2D eigenvalue weighted by molar-refractivity contribution is -0.136. The lowest BCUT2D eigenvalue weighted by Gasteiger charge is -2.30. The Morgan fingerprint density at radius 2 is 0.955 bits per heavy atom. The van der Waals surface area contributed by atoms with Crippen LogP contribution in [0.2, 0.25) is 0 Å². The maximum atomic E-state index is 14.8. The maximum Gasteiger partial charge on any atom is 0.243 e. The Balaban J connectivity index is 1.61. The smallest absolute Gasteiger partial charge is 0.243 e. The molecule has 4 aromatic rings. The predicted octanol–water partition coefficient (Wildman–Crippen LogP) is -0.0309. The number of hydrogen-bond acceptors (Lipinski definition) is 15.